The Hall–Kier alpha value is -3.70. The summed E-state index contributed by atoms with van der Waals surface area (Å²) in [6, 6.07) is 13.9. The fourth-order valence-electron chi connectivity index (χ4n) is 4.00. The molecule has 0 fully saturated rings. The van der Waals surface area contributed by atoms with Crippen LogP contribution in [0.25, 0.3) is 22.3 Å². The molecule has 0 aliphatic heterocycles. The van der Waals surface area contributed by atoms with Gasteiger partial charge in [-0.1, -0.05) is 47.5 Å². The van der Waals surface area contributed by atoms with Crippen LogP contribution < -0.4 is 10.6 Å². The Labute approximate surface area is 260 Å². The van der Waals surface area contributed by atoms with Gasteiger partial charge in [0.2, 0.25) is 11.8 Å². The fourth-order valence-corrected chi connectivity index (χ4v) is 6.20. The Morgan fingerprint density at radius 3 is 1.33 bits per heavy atom. The maximum atomic E-state index is 12.8. The summed E-state index contributed by atoms with van der Waals surface area (Å²) in [5.74, 6) is -2.06. The van der Waals surface area contributed by atoms with Gasteiger partial charge >= 0.3 is 11.9 Å². The van der Waals surface area contributed by atoms with Crippen LogP contribution in [0.1, 0.15) is 47.4 Å². The van der Waals surface area contributed by atoms with Crippen molar-refractivity contribution in [2.75, 3.05) is 23.8 Å². The number of carbonyl (C=O) groups is 4. The Morgan fingerprint density at radius 2 is 1.00 bits per heavy atom. The summed E-state index contributed by atoms with van der Waals surface area (Å²) >= 11 is 14.4. The summed E-state index contributed by atoms with van der Waals surface area (Å²) in [5.41, 5.74) is 3.14. The van der Waals surface area contributed by atoms with Crippen LogP contribution in [0.4, 0.5) is 10.0 Å². The fraction of sp³-hybridized carbons (Fsp3) is 0.200. The molecule has 0 bridgehead atoms. The zero-order chi connectivity index (χ0) is 30.2. The zero-order valence-corrected chi connectivity index (χ0v) is 25.8. The first-order valence-electron chi connectivity index (χ1n) is 12.9. The van der Waals surface area contributed by atoms with Crippen molar-refractivity contribution < 1.29 is 28.7 Å². The molecule has 0 aliphatic carbocycles. The van der Waals surface area contributed by atoms with Crippen LogP contribution in [0.5, 0.6) is 0 Å². The van der Waals surface area contributed by atoms with Gasteiger partial charge in [-0.05, 0) is 49.2 Å². The second kappa shape index (κ2) is 14.5. The largest absolute Gasteiger partial charge is 0.462 e. The van der Waals surface area contributed by atoms with Gasteiger partial charge in [0, 0.05) is 44.8 Å². The highest BCUT2D eigenvalue weighted by Crippen LogP contribution is 2.38. The van der Waals surface area contributed by atoms with Crippen molar-refractivity contribution in [3.8, 4) is 22.3 Å². The second-order valence-corrected chi connectivity index (χ2v) is 11.4. The minimum atomic E-state index is -0.572. The van der Waals surface area contributed by atoms with E-state index in [0.717, 1.165) is 11.1 Å². The van der Waals surface area contributed by atoms with Gasteiger partial charge < -0.3 is 20.1 Å². The first kappa shape index (κ1) is 31.2. The standard InChI is InChI=1S/C30H26Cl2N2O6S2/c1-3-39-29(37)25-21(17-5-9-19(31)10-6-17)15-41-27(25)33-23(35)13-14-24(36)34-28-26(30(38)40-4-2)22(16-42-28)18-7-11-20(32)12-8-18/h5-12,15-16H,3-4,13-14H2,1-2H3,(H,33,35)(H,34,36). The Balaban J connectivity index is 1.46. The molecule has 42 heavy (non-hydrogen) atoms. The number of hydrogen-bond acceptors (Lipinski definition) is 8. The molecule has 0 radical (unpaired) electrons. The Bertz CT molecular complexity index is 1480. The molecule has 8 nitrogen and oxygen atoms in total. The Morgan fingerprint density at radius 1 is 0.643 bits per heavy atom. The SMILES string of the molecule is CCOC(=O)c1c(-c2ccc(Cl)cc2)csc1NC(=O)CCC(=O)Nc1scc(-c2ccc(Cl)cc2)c1C(=O)OCC. The second-order valence-electron chi connectivity index (χ2n) is 8.76. The smallest absolute Gasteiger partial charge is 0.341 e. The highest BCUT2D eigenvalue weighted by Gasteiger charge is 2.25. The molecule has 0 atom stereocenters. The molecule has 0 spiro atoms. The molecule has 2 aromatic carbocycles. The molecule has 2 N–H and O–H groups in total. The lowest BCUT2D eigenvalue weighted by atomic mass is 10.0. The average molecular weight is 646 g/mol. The van der Waals surface area contributed by atoms with Crippen molar-refractivity contribution in [2.45, 2.75) is 26.7 Å². The third-order valence-corrected chi connectivity index (χ3v) is 8.23. The molecule has 0 saturated heterocycles. The van der Waals surface area contributed by atoms with E-state index >= 15 is 0 Å². The van der Waals surface area contributed by atoms with E-state index in [1.165, 1.54) is 22.7 Å². The third kappa shape index (κ3) is 7.57. The summed E-state index contributed by atoms with van der Waals surface area (Å²) in [4.78, 5) is 51.3. The summed E-state index contributed by atoms with van der Waals surface area (Å²) in [6.45, 7) is 3.72. The van der Waals surface area contributed by atoms with E-state index in [-0.39, 0.29) is 37.2 Å². The van der Waals surface area contributed by atoms with Crippen molar-refractivity contribution in [3.63, 3.8) is 0 Å². The van der Waals surface area contributed by atoms with Gasteiger partial charge in [0.15, 0.2) is 0 Å². The van der Waals surface area contributed by atoms with Gasteiger partial charge in [-0.15, -0.1) is 22.7 Å². The van der Waals surface area contributed by atoms with Crippen LogP contribution in [-0.4, -0.2) is 37.0 Å². The van der Waals surface area contributed by atoms with Crippen molar-refractivity contribution >= 4 is 79.6 Å². The predicted molar refractivity (Wildman–Crippen MR) is 168 cm³/mol. The van der Waals surface area contributed by atoms with Crippen LogP contribution in [0.2, 0.25) is 10.0 Å². The summed E-state index contributed by atoms with van der Waals surface area (Å²) in [5, 5.41) is 10.7. The molecule has 4 aromatic rings. The van der Waals surface area contributed by atoms with Crippen molar-refractivity contribution in [1.82, 2.24) is 0 Å². The number of anilines is 2. The molecular formula is C30H26Cl2N2O6S2. The quantitative estimate of drug-likeness (QED) is 0.159. The van der Waals surface area contributed by atoms with Gasteiger partial charge in [0.05, 0.1) is 13.2 Å². The van der Waals surface area contributed by atoms with E-state index in [0.29, 0.717) is 31.2 Å². The lowest BCUT2D eigenvalue weighted by Gasteiger charge is -2.10. The minimum absolute atomic E-state index is 0.160. The van der Waals surface area contributed by atoms with E-state index in [2.05, 4.69) is 10.6 Å². The topological polar surface area (TPSA) is 111 Å². The number of hydrogen-bond donors (Lipinski definition) is 2. The highest BCUT2D eigenvalue weighted by molar-refractivity contribution is 7.15. The third-order valence-electron chi connectivity index (χ3n) is 5.94. The molecule has 0 unspecified atom stereocenters. The molecule has 4 rings (SSSR count). The minimum Gasteiger partial charge on any atom is -0.462 e. The van der Waals surface area contributed by atoms with Gasteiger partial charge in [-0.2, -0.15) is 0 Å². The van der Waals surface area contributed by atoms with Crippen LogP contribution in [0.3, 0.4) is 0 Å². The van der Waals surface area contributed by atoms with Crippen molar-refractivity contribution in [1.29, 1.82) is 0 Å². The molecule has 0 saturated carbocycles. The van der Waals surface area contributed by atoms with Gasteiger partial charge in [-0.25, -0.2) is 9.59 Å². The normalized spacial score (nSPS) is 10.7. The Kier molecular flexibility index (Phi) is 10.8. The number of esters is 2. The van der Waals surface area contributed by atoms with Crippen LogP contribution in [-0.2, 0) is 19.1 Å². The van der Waals surface area contributed by atoms with Crippen LogP contribution >= 0.6 is 45.9 Å². The number of rotatable bonds is 11. The van der Waals surface area contributed by atoms with Gasteiger partial charge in [0.25, 0.3) is 0 Å². The molecule has 2 aromatic heterocycles. The number of nitrogens with one attached hydrogen (secondary N) is 2. The van der Waals surface area contributed by atoms with E-state index in [4.69, 9.17) is 32.7 Å². The van der Waals surface area contributed by atoms with Crippen LogP contribution in [0.15, 0.2) is 59.3 Å². The van der Waals surface area contributed by atoms with E-state index in [1.54, 1.807) is 73.1 Å². The summed E-state index contributed by atoms with van der Waals surface area (Å²) < 4.78 is 10.5. The van der Waals surface area contributed by atoms with Gasteiger partial charge in [-0.3, -0.25) is 9.59 Å². The summed E-state index contributed by atoms with van der Waals surface area (Å²) in [6.07, 6.45) is -0.321. The molecule has 2 amide bonds. The van der Waals surface area contributed by atoms with Crippen molar-refractivity contribution in [2.24, 2.45) is 0 Å². The molecular weight excluding hydrogens is 619 g/mol. The summed E-state index contributed by atoms with van der Waals surface area (Å²) in [7, 11) is 0. The van der Waals surface area contributed by atoms with E-state index in [9.17, 15) is 19.2 Å². The van der Waals surface area contributed by atoms with E-state index < -0.39 is 23.8 Å². The number of benzene rings is 2. The van der Waals surface area contributed by atoms with Crippen LogP contribution in [0, 0.1) is 0 Å². The number of halogens is 2. The number of carbonyl (C=O) groups excluding carboxylic acids is 4. The number of amides is 2. The monoisotopic (exact) mass is 644 g/mol. The highest BCUT2D eigenvalue weighted by atomic mass is 35.5. The lowest BCUT2D eigenvalue weighted by Crippen LogP contribution is -2.19. The number of thiophene rings is 2. The van der Waals surface area contributed by atoms with Gasteiger partial charge in [0.1, 0.15) is 21.1 Å². The average Bonchev–Trinajstić information content (AvgIpc) is 3.57. The molecule has 2 heterocycles. The molecule has 12 heteroatoms. The molecule has 218 valence electrons. The first-order chi connectivity index (χ1) is 20.2. The van der Waals surface area contributed by atoms with E-state index in [1.807, 2.05) is 0 Å². The maximum absolute atomic E-state index is 12.8. The predicted octanol–water partition coefficient (Wildman–Crippen LogP) is 8.16. The van der Waals surface area contributed by atoms with Crippen molar-refractivity contribution in [3.05, 3.63) is 80.5 Å². The zero-order valence-electron chi connectivity index (χ0n) is 22.6. The first-order valence-corrected chi connectivity index (χ1v) is 15.4. The lowest BCUT2D eigenvalue weighted by molar-refractivity contribution is -0.121. The maximum Gasteiger partial charge on any atom is 0.341 e. The molecule has 0 aliphatic rings. The number of ether oxygens (including phenoxy) is 2.